The summed E-state index contributed by atoms with van der Waals surface area (Å²) in [6.45, 7) is 4.58. The Labute approximate surface area is 162 Å². The van der Waals surface area contributed by atoms with Gasteiger partial charge >= 0.3 is 5.97 Å². The van der Waals surface area contributed by atoms with E-state index >= 15 is 0 Å². The summed E-state index contributed by atoms with van der Waals surface area (Å²) >= 11 is 0. The number of nitrogens with two attached hydrogens (primary N) is 1. The van der Waals surface area contributed by atoms with Crippen LogP contribution in [0.5, 0.6) is 0 Å². The summed E-state index contributed by atoms with van der Waals surface area (Å²) in [4.78, 5) is 11.9. The van der Waals surface area contributed by atoms with E-state index in [0.29, 0.717) is 11.8 Å². The third-order valence-corrected chi connectivity index (χ3v) is 9.13. The molecule has 5 nitrogen and oxygen atoms in total. The lowest BCUT2D eigenvalue weighted by Crippen LogP contribution is -2.64. The van der Waals surface area contributed by atoms with Crippen LogP contribution < -0.4 is 5.73 Å². The van der Waals surface area contributed by atoms with Crippen LogP contribution >= 0.6 is 0 Å². The largest absolute Gasteiger partial charge is 0.466 e. The Morgan fingerprint density at radius 1 is 1.11 bits per heavy atom. The van der Waals surface area contributed by atoms with Crippen LogP contribution in [0.3, 0.4) is 0 Å². The third-order valence-electron chi connectivity index (χ3n) is 9.13. The van der Waals surface area contributed by atoms with Crippen molar-refractivity contribution in [2.24, 2.45) is 40.2 Å². The van der Waals surface area contributed by atoms with Gasteiger partial charge in [0.1, 0.15) is 0 Å². The molecular formula is C22H35NO4. The number of hydrogen-bond donors (Lipinski definition) is 3. The number of ether oxygens (including phenoxy) is 1. The molecule has 0 aliphatic heterocycles. The summed E-state index contributed by atoms with van der Waals surface area (Å²) in [7, 11) is 1.42. The maximum atomic E-state index is 11.9. The maximum Gasteiger partial charge on any atom is 0.330 e. The van der Waals surface area contributed by atoms with Crippen molar-refractivity contribution in [1.29, 1.82) is 0 Å². The maximum absolute atomic E-state index is 11.9. The second-order valence-corrected chi connectivity index (χ2v) is 10.1. The fraction of sp³-hybridized carbons (Fsp3) is 0.864. The molecule has 4 saturated carbocycles. The number of carbonyl (C=O) groups is 1. The van der Waals surface area contributed by atoms with Crippen LogP contribution in [0.2, 0.25) is 0 Å². The molecule has 27 heavy (non-hydrogen) atoms. The Balaban J connectivity index is 1.69. The van der Waals surface area contributed by atoms with E-state index in [2.05, 4.69) is 13.8 Å². The SMILES string of the molecule is COC(=O)C=C1CCC2C3C(CC[C@]12C)[C@@]1(C)CC[C@@H](N)CC1[C@@H](O)[C@@H]3O. The van der Waals surface area contributed by atoms with Gasteiger partial charge in [-0.25, -0.2) is 4.79 Å². The van der Waals surface area contributed by atoms with Crippen LogP contribution in [-0.4, -0.2) is 41.5 Å². The summed E-state index contributed by atoms with van der Waals surface area (Å²) in [5.41, 5.74) is 7.35. The number of allylic oxidation sites excluding steroid dienone is 1. The van der Waals surface area contributed by atoms with Gasteiger partial charge in [0, 0.05) is 12.1 Å². The lowest BCUT2D eigenvalue weighted by molar-refractivity contribution is -0.210. The Hall–Kier alpha value is -0.910. The van der Waals surface area contributed by atoms with E-state index in [1.165, 1.54) is 7.11 Å². The van der Waals surface area contributed by atoms with Crippen LogP contribution in [0.25, 0.3) is 0 Å². The van der Waals surface area contributed by atoms with Gasteiger partial charge in [-0.05, 0) is 79.4 Å². The summed E-state index contributed by atoms with van der Waals surface area (Å²) in [6, 6.07) is 0.136. The van der Waals surface area contributed by atoms with E-state index < -0.39 is 12.2 Å². The Kier molecular flexibility index (Phi) is 4.72. The number of aliphatic hydroxyl groups is 2. The number of rotatable bonds is 1. The highest BCUT2D eigenvalue weighted by atomic mass is 16.5. The Morgan fingerprint density at radius 3 is 2.56 bits per heavy atom. The molecular weight excluding hydrogens is 342 g/mol. The molecule has 0 aromatic heterocycles. The quantitative estimate of drug-likeness (QED) is 0.482. The predicted molar refractivity (Wildman–Crippen MR) is 103 cm³/mol. The molecule has 5 heteroatoms. The number of esters is 1. The van der Waals surface area contributed by atoms with Gasteiger partial charge in [0.15, 0.2) is 0 Å². The van der Waals surface area contributed by atoms with Gasteiger partial charge in [-0.2, -0.15) is 0 Å². The normalized spacial score (nSPS) is 53.4. The van der Waals surface area contributed by atoms with Crippen molar-refractivity contribution in [2.45, 2.75) is 77.0 Å². The zero-order valence-electron chi connectivity index (χ0n) is 16.9. The summed E-state index contributed by atoms with van der Waals surface area (Å²) in [5.74, 6) is 0.631. The number of fused-ring (bicyclic) bond motifs is 5. The first-order chi connectivity index (χ1) is 12.7. The standard InChI is InChI=1S/C22H35NO4/c1-21-9-7-15-18(14(21)5-4-12(21)10-17(24)27-3)20(26)19(25)16-11-13(23)6-8-22(15,16)2/h10,13-16,18-20,25-26H,4-9,11,23H2,1-3H3/t13-,14?,15?,16?,18?,19-,20-,21-,22-/m1/s1. The molecule has 4 rings (SSSR count). The van der Waals surface area contributed by atoms with Gasteiger partial charge < -0.3 is 20.7 Å². The molecule has 0 bridgehead atoms. The minimum absolute atomic E-state index is 0.0509. The topological polar surface area (TPSA) is 92.8 Å². The molecule has 152 valence electrons. The van der Waals surface area contributed by atoms with Crippen molar-refractivity contribution in [3.63, 3.8) is 0 Å². The molecule has 0 aromatic carbocycles. The summed E-state index contributed by atoms with van der Waals surface area (Å²) in [6.07, 6.45) is 7.09. The smallest absolute Gasteiger partial charge is 0.330 e. The number of carbonyl (C=O) groups excluding carboxylic acids is 1. The van der Waals surface area contributed by atoms with Gasteiger partial charge in [0.05, 0.1) is 19.3 Å². The fourth-order valence-electron chi connectivity index (χ4n) is 7.58. The molecule has 0 spiro atoms. The van der Waals surface area contributed by atoms with Crippen LogP contribution in [0, 0.1) is 34.5 Å². The lowest BCUT2D eigenvalue weighted by Gasteiger charge is -2.63. The fourth-order valence-corrected chi connectivity index (χ4v) is 7.58. The van der Waals surface area contributed by atoms with E-state index in [0.717, 1.165) is 50.5 Å². The third kappa shape index (κ3) is 2.72. The average Bonchev–Trinajstić information content (AvgIpc) is 2.97. The van der Waals surface area contributed by atoms with Crippen LogP contribution in [0.1, 0.15) is 58.8 Å². The molecule has 4 aliphatic carbocycles. The van der Waals surface area contributed by atoms with Crippen molar-refractivity contribution in [2.75, 3.05) is 7.11 Å². The number of hydrogen-bond acceptors (Lipinski definition) is 5. The van der Waals surface area contributed by atoms with Gasteiger partial charge in [0.25, 0.3) is 0 Å². The van der Waals surface area contributed by atoms with E-state index in [4.69, 9.17) is 10.5 Å². The zero-order chi connectivity index (χ0) is 19.6. The van der Waals surface area contributed by atoms with E-state index in [1.807, 2.05) is 0 Å². The van der Waals surface area contributed by atoms with Gasteiger partial charge in [-0.3, -0.25) is 0 Å². The molecule has 4 N–H and O–H groups in total. The van der Waals surface area contributed by atoms with E-state index in [1.54, 1.807) is 6.08 Å². The average molecular weight is 378 g/mol. The van der Waals surface area contributed by atoms with E-state index in [-0.39, 0.29) is 34.7 Å². The molecule has 4 aliphatic rings. The van der Waals surface area contributed by atoms with Gasteiger partial charge in [-0.1, -0.05) is 19.4 Å². The first-order valence-electron chi connectivity index (χ1n) is 10.6. The molecule has 0 amide bonds. The van der Waals surface area contributed by atoms with Gasteiger partial charge in [0.2, 0.25) is 0 Å². The van der Waals surface area contributed by atoms with Crippen molar-refractivity contribution in [3.8, 4) is 0 Å². The number of methoxy groups -OCH3 is 1. The first-order valence-corrected chi connectivity index (χ1v) is 10.6. The number of aliphatic hydroxyl groups excluding tert-OH is 2. The van der Waals surface area contributed by atoms with Crippen molar-refractivity contribution in [3.05, 3.63) is 11.6 Å². The second-order valence-electron chi connectivity index (χ2n) is 10.1. The van der Waals surface area contributed by atoms with Crippen molar-refractivity contribution >= 4 is 5.97 Å². The molecule has 0 radical (unpaired) electrons. The van der Waals surface area contributed by atoms with Crippen LogP contribution in [-0.2, 0) is 9.53 Å². The van der Waals surface area contributed by atoms with Gasteiger partial charge in [-0.15, -0.1) is 0 Å². The van der Waals surface area contributed by atoms with Crippen LogP contribution in [0.4, 0.5) is 0 Å². The highest BCUT2D eigenvalue weighted by Crippen LogP contribution is 2.67. The van der Waals surface area contributed by atoms with Crippen molar-refractivity contribution < 1.29 is 19.7 Å². The van der Waals surface area contributed by atoms with Crippen LogP contribution in [0.15, 0.2) is 11.6 Å². The van der Waals surface area contributed by atoms with Crippen molar-refractivity contribution in [1.82, 2.24) is 0 Å². The molecule has 0 aromatic rings. The Bertz CT molecular complexity index is 648. The highest BCUT2D eigenvalue weighted by Gasteiger charge is 2.64. The second kappa shape index (κ2) is 6.57. The predicted octanol–water partition coefficient (Wildman–Crippen LogP) is 2.40. The zero-order valence-corrected chi connectivity index (χ0v) is 16.9. The molecule has 4 fully saturated rings. The minimum Gasteiger partial charge on any atom is -0.466 e. The monoisotopic (exact) mass is 377 g/mol. The molecule has 0 heterocycles. The molecule has 0 saturated heterocycles. The van der Waals surface area contributed by atoms with E-state index in [9.17, 15) is 15.0 Å². The minimum atomic E-state index is -0.696. The molecule has 9 atom stereocenters. The first kappa shape index (κ1) is 19.4. The molecule has 4 unspecified atom stereocenters. The highest BCUT2D eigenvalue weighted by molar-refractivity contribution is 5.83. The Morgan fingerprint density at radius 2 is 1.85 bits per heavy atom. The lowest BCUT2D eigenvalue weighted by atomic mass is 9.43. The summed E-state index contributed by atoms with van der Waals surface area (Å²) in [5, 5.41) is 22.2. The summed E-state index contributed by atoms with van der Waals surface area (Å²) < 4.78 is 4.86.